The van der Waals surface area contributed by atoms with E-state index < -0.39 is 22.2 Å². The Balaban J connectivity index is 1.64. The Morgan fingerprint density at radius 2 is 1.97 bits per heavy atom. The first-order chi connectivity index (χ1) is 18.7. The number of ether oxygens (including phenoxy) is 1. The predicted molar refractivity (Wildman–Crippen MR) is 149 cm³/mol. The van der Waals surface area contributed by atoms with Gasteiger partial charge < -0.3 is 20.1 Å². The lowest BCUT2D eigenvalue weighted by molar-refractivity contribution is 0.0806. The highest BCUT2D eigenvalue weighted by atomic mass is 32.2. The summed E-state index contributed by atoms with van der Waals surface area (Å²) < 4.78 is 35.1. The molecule has 2 aromatic rings. The molecule has 39 heavy (non-hydrogen) atoms. The van der Waals surface area contributed by atoms with Crippen molar-refractivity contribution in [2.75, 3.05) is 26.7 Å². The largest absolute Gasteiger partial charge is 0.487 e. The fourth-order valence-electron chi connectivity index (χ4n) is 4.99. The smallest absolute Gasteiger partial charge is 0.317 e. The molecule has 1 aromatic heterocycles. The maximum absolute atomic E-state index is 13.7. The van der Waals surface area contributed by atoms with Gasteiger partial charge in [-0.2, -0.15) is 4.31 Å². The minimum atomic E-state index is -3.96. The third kappa shape index (κ3) is 7.10. The highest BCUT2D eigenvalue weighted by Gasteiger charge is 2.38. The van der Waals surface area contributed by atoms with Crippen molar-refractivity contribution in [2.24, 2.45) is 5.92 Å². The Morgan fingerprint density at radius 1 is 1.23 bits per heavy atom. The van der Waals surface area contributed by atoms with Crippen LogP contribution in [0.4, 0.5) is 4.79 Å². The van der Waals surface area contributed by atoms with Crippen LogP contribution in [0.25, 0.3) is 0 Å². The molecule has 1 fully saturated rings. The molecule has 0 bridgehead atoms. The lowest BCUT2D eigenvalue weighted by atomic mass is 9.96. The van der Waals surface area contributed by atoms with Crippen molar-refractivity contribution < 1.29 is 23.1 Å². The molecule has 2 aliphatic rings. The van der Waals surface area contributed by atoms with E-state index in [0.29, 0.717) is 5.56 Å². The van der Waals surface area contributed by atoms with E-state index in [1.807, 2.05) is 13.0 Å². The molecule has 0 radical (unpaired) electrons. The van der Waals surface area contributed by atoms with Gasteiger partial charge in [-0.05, 0) is 50.1 Å². The summed E-state index contributed by atoms with van der Waals surface area (Å²) in [6.07, 6.45) is 8.24. The number of nitrogens with one attached hydrogen (secondary N) is 1. The summed E-state index contributed by atoms with van der Waals surface area (Å²) in [5.41, 5.74) is 1.32. The minimum Gasteiger partial charge on any atom is -0.487 e. The molecule has 1 saturated carbocycles. The Kier molecular flexibility index (Phi) is 9.49. The van der Waals surface area contributed by atoms with Gasteiger partial charge in [0.1, 0.15) is 16.7 Å². The fourth-order valence-corrected chi connectivity index (χ4v) is 6.81. The Hall–Kier alpha value is -3.13. The average molecular weight is 555 g/mol. The van der Waals surface area contributed by atoms with E-state index >= 15 is 0 Å². The maximum Gasteiger partial charge on any atom is 0.317 e. The number of aliphatic hydroxyl groups is 1. The van der Waals surface area contributed by atoms with Crippen LogP contribution < -0.4 is 10.1 Å². The zero-order valence-electron chi connectivity index (χ0n) is 22.8. The van der Waals surface area contributed by atoms with Gasteiger partial charge in [0.15, 0.2) is 0 Å². The molecule has 1 aliphatic heterocycles. The van der Waals surface area contributed by atoms with Crippen LogP contribution in [0.2, 0.25) is 0 Å². The number of pyridine rings is 1. The van der Waals surface area contributed by atoms with E-state index in [4.69, 9.17) is 4.74 Å². The van der Waals surface area contributed by atoms with Gasteiger partial charge in [-0.3, -0.25) is 4.98 Å². The van der Waals surface area contributed by atoms with Crippen LogP contribution in [-0.4, -0.2) is 78.7 Å². The lowest BCUT2D eigenvalue weighted by Crippen LogP contribution is -2.52. The molecule has 1 aliphatic carbocycles. The molecule has 0 saturated heterocycles. The number of aliphatic hydroxyl groups excluding tert-OH is 1. The molecule has 210 valence electrons. The number of hydrogen-bond donors (Lipinski definition) is 2. The summed E-state index contributed by atoms with van der Waals surface area (Å²) in [6.45, 7) is 3.69. The monoisotopic (exact) mass is 554 g/mol. The van der Waals surface area contributed by atoms with Crippen LogP contribution in [0.5, 0.6) is 5.75 Å². The highest BCUT2D eigenvalue weighted by Crippen LogP contribution is 2.34. The summed E-state index contributed by atoms with van der Waals surface area (Å²) in [5.74, 6) is 6.01. The average Bonchev–Trinajstić information content (AvgIpc) is 2.94. The Morgan fingerprint density at radius 3 is 2.67 bits per heavy atom. The Bertz CT molecular complexity index is 1300. The van der Waals surface area contributed by atoms with Crippen LogP contribution in [0, 0.1) is 17.8 Å². The van der Waals surface area contributed by atoms with E-state index in [1.54, 1.807) is 49.5 Å². The number of urea groups is 1. The zero-order chi connectivity index (χ0) is 28.0. The second-order valence-corrected chi connectivity index (χ2v) is 12.4. The number of hydrogen-bond acceptors (Lipinski definition) is 6. The van der Waals surface area contributed by atoms with Crippen LogP contribution >= 0.6 is 0 Å². The maximum atomic E-state index is 13.7. The van der Waals surface area contributed by atoms with Crippen molar-refractivity contribution in [3.63, 3.8) is 0 Å². The van der Waals surface area contributed by atoms with Gasteiger partial charge in [0, 0.05) is 55.1 Å². The Labute approximate surface area is 231 Å². The van der Waals surface area contributed by atoms with Crippen molar-refractivity contribution in [1.82, 2.24) is 19.5 Å². The number of amides is 2. The second-order valence-electron chi connectivity index (χ2n) is 10.6. The lowest BCUT2D eigenvalue weighted by Gasteiger charge is -2.37. The number of benzene rings is 1. The molecule has 2 N–H and O–H groups in total. The number of aromatic nitrogens is 1. The van der Waals surface area contributed by atoms with Gasteiger partial charge in [0.25, 0.3) is 0 Å². The molecule has 1 aromatic carbocycles. The standard InChI is InChI=1S/C29H38N4O5S/c1-21-18-33(22(2)20-34)39(36,37)28-14-13-23(11-12-24-8-7-15-30-17-24)16-26(28)38-27(21)19-32(3)29(35)31-25-9-5-4-6-10-25/h7-8,13-17,21-22,25,27,34H,4-6,9-10,18-20H2,1-3H3,(H,31,35)/t21-,22+,27+/m1/s1. The molecule has 9 nitrogen and oxygen atoms in total. The van der Waals surface area contributed by atoms with E-state index in [0.717, 1.165) is 31.2 Å². The van der Waals surface area contributed by atoms with Gasteiger partial charge in [-0.25, -0.2) is 13.2 Å². The van der Waals surface area contributed by atoms with Gasteiger partial charge in [-0.1, -0.05) is 38.0 Å². The van der Waals surface area contributed by atoms with E-state index in [2.05, 4.69) is 22.1 Å². The molecule has 2 heterocycles. The molecule has 0 spiro atoms. The normalized spacial score (nSPS) is 22.2. The summed E-state index contributed by atoms with van der Waals surface area (Å²) in [6, 6.07) is 7.81. The first kappa shape index (κ1) is 28.9. The van der Waals surface area contributed by atoms with Crippen LogP contribution in [0.3, 0.4) is 0 Å². The summed E-state index contributed by atoms with van der Waals surface area (Å²) >= 11 is 0. The van der Waals surface area contributed by atoms with Crippen molar-refractivity contribution in [1.29, 1.82) is 0 Å². The number of rotatable bonds is 5. The van der Waals surface area contributed by atoms with Gasteiger partial charge >= 0.3 is 6.03 Å². The first-order valence-corrected chi connectivity index (χ1v) is 15.0. The molecule has 0 unspecified atom stereocenters. The molecule has 2 amide bonds. The van der Waals surface area contributed by atoms with Crippen molar-refractivity contribution in [3.05, 3.63) is 53.9 Å². The summed E-state index contributed by atoms with van der Waals surface area (Å²) in [4.78, 5) is 18.7. The van der Waals surface area contributed by atoms with E-state index in [9.17, 15) is 18.3 Å². The number of nitrogens with zero attached hydrogens (tertiary/aromatic N) is 3. The first-order valence-electron chi connectivity index (χ1n) is 13.6. The number of likely N-dealkylation sites (N-methyl/N-ethyl adjacent to an activating group) is 1. The highest BCUT2D eigenvalue weighted by molar-refractivity contribution is 7.89. The molecule has 4 rings (SSSR count). The number of fused-ring (bicyclic) bond motifs is 1. The third-order valence-electron chi connectivity index (χ3n) is 7.41. The number of sulfonamides is 1. The van der Waals surface area contributed by atoms with Crippen molar-refractivity contribution in [3.8, 4) is 17.6 Å². The quantitative estimate of drug-likeness (QED) is 0.549. The molecule has 3 atom stereocenters. The third-order valence-corrected chi connectivity index (χ3v) is 9.43. The number of carbonyl (C=O) groups is 1. The number of carbonyl (C=O) groups excluding carboxylic acids is 1. The van der Waals surface area contributed by atoms with Crippen LogP contribution in [-0.2, 0) is 10.0 Å². The van der Waals surface area contributed by atoms with E-state index in [-0.39, 0.29) is 48.3 Å². The SMILES string of the molecule is C[C@@H]1CN([C@@H](C)CO)S(=O)(=O)c2ccc(C#Cc3cccnc3)cc2O[C@H]1CN(C)C(=O)NC1CCCCC1. The molecule has 10 heteroatoms. The van der Waals surface area contributed by atoms with E-state index in [1.165, 1.54) is 16.8 Å². The molecular weight excluding hydrogens is 516 g/mol. The van der Waals surface area contributed by atoms with Gasteiger partial charge in [0.05, 0.1) is 13.2 Å². The topological polar surface area (TPSA) is 112 Å². The van der Waals surface area contributed by atoms with Crippen LogP contribution in [0.15, 0.2) is 47.6 Å². The van der Waals surface area contributed by atoms with Gasteiger partial charge in [-0.15, -0.1) is 0 Å². The molecular formula is C29H38N4O5S. The van der Waals surface area contributed by atoms with Crippen molar-refractivity contribution in [2.45, 2.75) is 69.0 Å². The predicted octanol–water partition coefficient (Wildman–Crippen LogP) is 3.22. The summed E-state index contributed by atoms with van der Waals surface area (Å²) in [7, 11) is -2.23. The van der Waals surface area contributed by atoms with Crippen molar-refractivity contribution >= 4 is 16.1 Å². The minimum absolute atomic E-state index is 0.0148. The fraction of sp³-hybridized carbons (Fsp3) is 0.517. The zero-order valence-corrected chi connectivity index (χ0v) is 23.7. The second kappa shape index (κ2) is 12.8. The van der Waals surface area contributed by atoms with Crippen LogP contribution in [0.1, 0.15) is 57.1 Å². The van der Waals surface area contributed by atoms with Gasteiger partial charge in [0.2, 0.25) is 10.0 Å². The summed E-state index contributed by atoms with van der Waals surface area (Å²) in [5, 5.41) is 13.0.